The van der Waals surface area contributed by atoms with Crippen LogP contribution in [0.2, 0.25) is 0 Å². The van der Waals surface area contributed by atoms with E-state index in [9.17, 15) is 9.59 Å². The van der Waals surface area contributed by atoms with Gasteiger partial charge in [-0.3, -0.25) is 9.59 Å². The fourth-order valence-electron chi connectivity index (χ4n) is 2.12. The third-order valence-corrected chi connectivity index (χ3v) is 3.91. The van der Waals surface area contributed by atoms with E-state index < -0.39 is 0 Å². The molecule has 20 heavy (non-hydrogen) atoms. The van der Waals surface area contributed by atoms with Gasteiger partial charge in [0.05, 0.1) is 11.0 Å². The summed E-state index contributed by atoms with van der Waals surface area (Å²) >= 11 is 1.41. The van der Waals surface area contributed by atoms with Crippen LogP contribution in [-0.4, -0.2) is 49.1 Å². The lowest BCUT2D eigenvalue weighted by Gasteiger charge is -2.33. The molecule has 0 aliphatic carbocycles. The molecular formula is C14H20N2O3S. The first kappa shape index (κ1) is 15.0. The Kier molecular flexibility index (Phi) is 5.14. The molecule has 1 atom stereocenters. The maximum absolute atomic E-state index is 11.8. The van der Waals surface area contributed by atoms with Crippen molar-refractivity contribution in [1.29, 1.82) is 0 Å². The summed E-state index contributed by atoms with van der Waals surface area (Å²) in [5.74, 6) is 0.369. The topological polar surface area (TPSA) is 58.6 Å². The van der Waals surface area contributed by atoms with Crippen LogP contribution in [0.15, 0.2) is 17.5 Å². The molecule has 1 unspecified atom stereocenters. The van der Waals surface area contributed by atoms with Crippen LogP contribution in [0.4, 0.5) is 0 Å². The molecule has 0 aromatic carbocycles. The van der Waals surface area contributed by atoms with Gasteiger partial charge in [0.15, 0.2) is 0 Å². The summed E-state index contributed by atoms with van der Waals surface area (Å²) in [5.41, 5.74) is 0. The molecule has 110 valence electrons. The molecule has 1 N–H and O–H groups in total. The Hall–Kier alpha value is -1.40. The van der Waals surface area contributed by atoms with E-state index in [1.807, 2.05) is 16.3 Å². The first-order chi connectivity index (χ1) is 9.56. The first-order valence-electron chi connectivity index (χ1n) is 6.77. The van der Waals surface area contributed by atoms with E-state index in [0.29, 0.717) is 23.9 Å². The van der Waals surface area contributed by atoms with Crippen molar-refractivity contribution < 1.29 is 14.3 Å². The van der Waals surface area contributed by atoms with Gasteiger partial charge in [0, 0.05) is 19.6 Å². The van der Waals surface area contributed by atoms with Gasteiger partial charge in [0.1, 0.15) is 6.61 Å². The van der Waals surface area contributed by atoms with Crippen LogP contribution < -0.4 is 5.32 Å². The molecule has 1 saturated heterocycles. The van der Waals surface area contributed by atoms with E-state index in [4.69, 9.17) is 4.74 Å². The summed E-state index contributed by atoms with van der Waals surface area (Å²) < 4.78 is 5.47. The Morgan fingerprint density at radius 2 is 2.40 bits per heavy atom. The number of nitrogens with zero attached hydrogens (tertiary/aromatic N) is 1. The highest BCUT2D eigenvalue weighted by Crippen LogP contribution is 2.10. The predicted molar refractivity (Wildman–Crippen MR) is 77.8 cm³/mol. The molecule has 2 heterocycles. The highest BCUT2D eigenvalue weighted by atomic mass is 32.1. The van der Waals surface area contributed by atoms with Gasteiger partial charge >= 0.3 is 0 Å². The zero-order chi connectivity index (χ0) is 14.5. The number of rotatable bonds is 5. The van der Waals surface area contributed by atoms with Gasteiger partial charge in [0.2, 0.25) is 5.91 Å². The Balaban J connectivity index is 1.81. The molecule has 1 aromatic rings. The lowest BCUT2D eigenvalue weighted by molar-refractivity contribution is -0.149. The van der Waals surface area contributed by atoms with E-state index in [0.717, 1.165) is 6.54 Å². The third-order valence-electron chi connectivity index (χ3n) is 3.04. The minimum absolute atomic E-state index is 0.0273. The average Bonchev–Trinajstić information content (AvgIpc) is 2.92. The van der Waals surface area contributed by atoms with E-state index in [1.54, 1.807) is 6.07 Å². The number of thiophene rings is 1. The predicted octanol–water partition coefficient (Wildman–Crippen LogP) is 1.36. The molecule has 2 rings (SSSR count). The largest absolute Gasteiger partial charge is 0.365 e. The van der Waals surface area contributed by atoms with E-state index >= 15 is 0 Å². The number of carbonyl (C=O) groups excluding carboxylic acids is 2. The summed E-state index contributed by atoms with van der Waals surface area (Å²) in [7, 11) is 0. The van der Waals surface area contributed by atoms with Gasteiger partial charge < -0.3 is 15.0 Å². The fourth-order valence-corrected chi connectivity index (χ4v) is 2.76. The molecule has 0 saturated carbocycles. The van der Waals surface area contributed by atoms with Gasteiger partial charge in [0.25, 0.3) is 5.91 Å². The molecule has 1 fully saturated rings. The van der Waals surface area contributed by atoms with Crippen LogP contribution in [-0.2, 0) is 9.53 Å². The lowest BCUT2D eigenvalue weighted by Crippen LogP contribution is -2.51. The molecule has 1 aliphatic rings. The fraction of sp³-hybridized carbons (Fsp3) is 0.571. The highest BCUT2D eigenvalue weighted by molar-refractivity contribution is 7.12. The SMILES string of the molecule is CC(C)CN1CC(CNC(=O)c2cccs2)OCC1=O. The number of amides is 2. The van der Waals surface area contributed by atoms with Crippen LogP contribution in [0.5, 0.6) is 0 Å². The number of carbonyl (C=O) groups is 2. The zero-order valence-corrected chi connectivity index (χ0v) is 12.6. The van der Waals surface area contributed by atoms with E-state index in [1.165, 1.54) is 11.3 Å². The maximum Gasteiger partial charge on any atom is 0.261 e. The van der Waals surface area contributed by atoms with E-state index in [2.05, 4.69) is 19.2 Å². The van der Waals surface area contributed by atoms with Crippen molar-refractivity contribution in [2.75, 3.05) is 26.2 Å². The molecule has 5 nitrogen and oxygen atoms in total. The number of morpholine rings is 1. The van der Waals surface area contributed by atoms with Crippen molar-refractivity contribution >= 4 is 23.2 Å². The van der Waals surface area contributed by atoms with E-state index in [-0.39, 0.29) is 24.5 Å². The van der Waals surface area contributed by atoms with Gasteiger partial charge in [-0.05, 0) is 17.4 Å². The van der Waals surface area contributed by atoms with Crippen LogP contribution in [0.25, 0.3) is 0 Å². The standard InChI is InChI=1S/C14H20N2O3S/c1-10(2)7-16-8-11(19-9-13(16)17)6-15-14(18)12-4-3-5-20-12/h3-5,10-11H,6-9H2,1-2H3,(H,15,18). The second kappa shape index (κ2) is 6.85. The normalized spacial score (nSPS) is 19.4. The first-order valence-corrected chi connectivity index (χ1v) is 7.65. The minimum atomic E-state index is -0.129. The molecule has 0 bridgehead atoms. The van der Waals surface area contributed by atoms with Crippen LogP contribution >= 0.6 is 11.3 Å². The van der Waals surface area contributed by atoms with Crippen molar-refractivity contribution in [3.05, 3.63) is 22.4 Å². The summed E-state index contributed by atoms with van der Waals surface area (Å²) in [6.07, 6.45) is -0.129. The highest BCUT2D eigenvalue weighted by Gasteiger charge is 2.26. The van der Waals surface area contributed by atoms with Crippen LogP contribution in [0.3, 0.4) is 0 Å². The van der Waals surface area contributed by atoms with Gasteiger partial charge in [-0.1, -0.05) is 19.9 Å². The lowest BCUT2D eigenvalue weighted by atomic mass is 10.1. The van der Waals surface area contributed by atoms with Gasteiger partial charge in [-0.2, -0.15) is 0 Å². The Morgan fingerprint density at radius 1 is 1.60 bits per heavy atom. The number of hydrogen-bond donors (Lipinski definition) is 1. The third kappa shape index (κ3) is 4.05. The number of hydrogen-bond acceptors (Lipinski definition) is 4. The zero-order valence-electron chi connectivity index (χ0n) is 11.8. The van der Waals surface area contributed by atoms with Crippen molar-refractivity contribution in [1.82, 2.24) is 10.2 Å². The smallest absolute Gasteiger partial charge is 0.261 e. The van der Waals surface area contributed by atoms with Crippen molar-refractivity contribution in [2.24, 2.45) is 5.92 Å². The van der Waals surface area contributed by atoms with Gasteiger partial charge in [-0.25, -0.2) is 0 Å². The summed E-state index contributed by atoms with van der Waals surface area (Å²) in [5, 5.41) is 4.72. The molecule has 1 aliphatic heterocycles. The number of nitrogens with one attached hydrogen (secondary N) is 1. The molecular weight excluding hydrogens is 276 g/mol. The quantitative estimate of drug-likeness (QED) is 0.892. The Bertz CT molecular complexity index is 459. The molecule has 0 radical (unpaired) electrons. The summed E-state index contributed by atoms with van der Waals surface area (Å²) in [6.45, 7) is 5.97. The molecule has 6 heteroatoms. The Morgan fingerprint density at radius 3 is 3.05 bits per heavy atom. The van der Waals surface area contributed by atoms with Gasteiger partial charge in [-0.15, -0.1) is 11.3 Å². The van der Waals surface area contributed by atoms with Crippen molar-refractivity contribution in [2.45, 2.75) is 20.0 Å². The Labute approximate surface area is 122 Å². The molecule has 0 spiro atoms. The summed E-state index contributed by atoms with van der Waals surface area (Å²) in [6, 6.07) is 3.63. The molecule has 1 aromatic heterocycles. The van der Waals surface area contributed by atoms with Crippen molar-refractivity contribution in [3.63, 3.8) is 0 Å². The summed E-state index contributed by atoms with van der Waals surface area (Å²) in [4.78, 5) is 26.1. The monoisotopic (exact) mass is 296 g/mol. The second-order valence-electron chi connectivity index (χ2n) is 5.31. The maximum atomic E-state index is 11.8. The van der Waals surface area contributed by atoms with Crippen LogP contribution in [0.1, 0.15) is 23.5 Å². The number of ether oxygens (including phenoxy) is 1. The second-order valence-corrected chi connectivity index (χ2v) is 6.26. The van der Waals surface area contributed by atoms with Crippen LogP contribution in [0, 0.1) is 5.92 Å². The van der Waals surface area contributed by atoms with Crippen molar-refractivity contribution in [3.8, 4) is 0 Å². The minimum Gasteiger partial charge on any atom is -0.365 e. The molecule has 2 amide bonds. The average molecular weight is 296 g/mol.